The van der Waals surface area contributed by atoms with Gasteiger partial charge in [0.05, 0.1) is 6.04 Å². The highest BCUT2D eigenvalue weighted by atomic mass is 16.7. The molecule has 1 rings (SSSR count). The Hall–Kier alpha value is -1.14. The Bertz CT molecular complexity index is 255. The first-order chi connectivity index (χ1) is 7.00. The Morgan fingerprint density at radius 2 is 2.40 bits per heavy atom. The van der Waals surface area contributed by atoms with Crippen LogP contribution < -0.4 is 16.5 Å². The number of nitrogens with two attached hydrogens (primary N) is 1. The van der Waals surface area contributed by atoms with Crippen molar-refractivity contribution in [1.82, 2.24) is 10.8 Å². The third-order valence-corrected chi connectivity index (χ3v) is 2.12. The molecule has 0 radical (unpaired) electrons. The first-order valence-corrected chi connectivity index (χ1v) is 4.98. The Morgan fingerprint density at radius 1 is 1.73 bits per heavy atom. The molecule has 6 nitrogen and oxygen atoms in total. The van der Waals surface area contributed by atoms with Crippen molar-refractivity contribution in [2.24, 2.45) is 11.7 Å². The van der Waals surface area contributed by atoms with E-state index in [-0.39, 0.29) is 18.4 Å². The summed E-state index contributed by atoms with van der Waals surface area (Å²) in [7, 11) is 0. The van der Waals surface area contributed by atoms with Gasteiger partial charge in [-0.3, -0.25) is 14.4 Å². The van der Waals surface area contributed by atoms with E-state index in [1.54, 1.807) is 0 Å². The SMILES string of the molecule is CC(C)C[C@@H](N)C(=O)N[C@@H]1CONC1=O. The molecule has 1 aliphatic heterocycles. The van der Waals surface area contributed by atoms with E-state index in [4.69, 9.17) is 5.73 Å². The van der Waals surface area contributed by atoms with E-state index < -0.39 is 12.1 Å². The second-order valence-electron chi connectivity index (χ2n) is 4.07. The molecular formula is C9H17N3O3. The summed E-state index contributed by atoms with van der Waals surface area (Å²) in [5.41, 5.74) is 7.82. The van der Waals surface area contributed by atoms with Gasteiger partial charge in [0.25, 0.3) is 5.91 Å². The number of hydrogen-bond acceptors (Lipinski definition) is 4. The van der Waals surface area contributed by atoms with Crippen LogP contribution in [0.2, 0.25) is 0 Å². The van der Waals surface area contributed by atoms with Gasteiger partial charge in [-0.05, 0) is 12.3 Å². The molecule has 0 unspecified atom stereocenters. The number of hydrogen-bond donors (Lipinski definition) is 3. The molecule has 0 aromatic carbocycles. The molecule has 0 bridgehead atoms. The second-order valence-corrected chi connectivity index (χ2v) is 4.07. The van der Waals surface area contributed by atoms with Gasteiger partial charge in [-0.15, -0.1) is 0 Å². The fourth-order valence-corrected chi connectivity index (χ4v) is 1.34. The number of nitrogens with one attached hydrogen (secondary N) is 2. The van der Waals surface area contributed by atoms with E-state index in [2.05, 4.69) is 15.6 Å². The predicted molar refractivity (Wildman–Crippen MR) is 53.5 cm³/mol. The van der Waals surface area contributed by atoms with E-state index in [0.717, 1.165) is 0 Å². The van der Waals surface area contributed by atoms with Crippen LogP contribution in [0.25, 0.3) is 0 Å². The molecule has 0 spiro atoms. The lowest BCUT2D eigenvalue weighted by molar-refractivity contribution is -0.129. The summed E-state index contributed by atoms with van der Waals surface area (Å²) in [4.78, 5) is 27.2. The number of carbonyl (C=O) groups excluding carboxylic acids is 2. The van der Waals surface area contributed by atoms with E-state index in [1.165, 1.54) is 0 Å². The van der Waals surface area contributed by atoms with Crippen LogP contribution in [-0.2, 0) is 14.4 Å². The molecule has 1 aliphatic rings. The van der Waals surface area contributed by atoms with E-state index in [0.29, 0.717) is 12.3 Å². The Kier molecular flexibility index (Phi) is 4.05. The van der Waals surface area contributed by atoms with Crippen LogP contribution in [0.3, 0.4) is 0 Å². The van der Waals surface area contributed by atoms with E-state index in [9.17, 15) is 9.59 Å². The molecule has 1 saturated heterocycles. The maximum Gasteiger partial charge on any atom is 0.268 e. The third kappa shape index (κ3) is 3.49. The van der Waals surface area contributed by atoms with Crippen molar-refractivity contribution >= 4 is 11.8 Å². The van der Waals surface area contributed by atoms with Crippen LogP contribution in [0.4, 0.5) is 0 Å². The van der Waals surface area contributed by atoms with Crippen molar-refractivity contribution in [3.63, 3.8) is 0 Å². The molecule has 2 atom stereocenters. The van der Waals surface area contributed by atoms with E-state index in [1.807, 2.05) is 13.8 Å². The highest BCUT2D eigenvalue weighted by molar-refractivity contribution is 5.90. The summed E-state index contributed by atoms with van der Waals surface area (Å²) >= 11 is 0. The summed E-state index contributed by atoms with van der Waals surface area (Å²) in [6, 6.07) is -1.19. The van der Waals surface area contributed by atoms with Gasteiger partial charge in [-0.25, -0.2) is 5.48 Å². The van der Waals surface area contributed by atoms with Crippen molar-refractivity contribution in [3.8, 4) is 0 Å². The lowest BCUT2D eigenvalue weighted by atomic mass is 10.0. The van der Waals surface area contributed by atoms with Crippen LogP contribution in [0.5, 0.6) is 0 Å². The molecule has 4 N–H and O–H groups in total. The molecule has 0 aromatic heterocycles. The maximum atomic E-state index is 11.5. The third-order valence-electron chi connectivity index (χ3n) is 2.12. The molecule has 15 heavy (non-hydrogen) atoms. The van der Waals surface area contributed by atoms with Gasteiger partial charge in [0.1, 0.15) is 12.6 Å². The molecule has 0 saturated carbocycles. The Labute approximate surface area is 88.5 Å². The molecule has 86 valence electrons. The number of rotatable bonds is 4. The standard InChI is InChI=1S/C9H17N3O3/c1-5(2)3-6(10)8(13)11-7-4-15-12-9(7)14/h5-7H,3-4,10H2,1-2H3,(H,11,13)(H,12,14)/t6-,7-/m1/s1. The average molecular weight is 215 g/mol. The molecule has 0 aliphatic carbocycles. The highest BCUT2D eigenvalue weighted by Gasteiger charge is 2.28. The van der Waals surface area contributed by atoms with Crippen LogP contribution in [-0.4, -0.2) is 30.5 Å². The van der Waals surface area contributed by atoms with Gasteiger partial charge in [0, 0.05) is 0 Å². The van der Waals surface area contributed by atoms with Gasteiger partial charge >= 0.3 is 0 Å². The minimum Gasteiger partial charge on any atom is -0.341 e. The quantitative estimate of drug-likeness (QED) is 0.555. The summed E-state index contributed by atoms with van der Waals surface area (Å²) in [6.07, 6.45) is 0.598. The van der Waals surface area contributed by atoms with Crippen LogP contribution in [0.15, 0.2) is 0 Å². The molecule has 2 amide bonds. The van der Waals surface area contributed by atoms with Crippen LogP contribution in [0.1, 0.15) is 20.3 Å². The van der Waals surface area contributed by atoms with Crippen molar-refractivity contribution in [2.45, 2.75) is 32.4 Å². The smallest absolute Gasteiger partial charge is 0.268 e. The molecule has 1 heterocycles. The van der Waals surface area contributed by atoms with E-state index >= 15 is 0 Å². The minimum absolute atomic E-state index is 0.152. The second kappa shape index (κ2) is 5.09. The predicted octanol–water partition coefficient (Wildman–Crippen LogP) is -1.09. The first-order valence-electron chi connectivity index (χ1n) is 4.98. The van der Waals surface area contributed by atoms with Crippen molar-refractivity contribution in [1.29, 1.82) is 0 Å². The topological polar surface area (TPSA) is 93.5 Å². The van der Waals surface area contributed by atoms with Crippen LogP contribution >= 0.6 is 0 Å². The van der Waals surface area contributed by atoms with Gasteiger partial charge in [0.15, 0.2) is 0 Å². The Balaban J connectivity index is 2.37. The lowest BCUT2D eigenvalue weighted by Gasteiger charge is -2.15. The summed E-state index contributed by atoms with van der Waals surface area (Å²) < 4.78 is 0. The minimum atomic E-state index is -0.615. The number of amides is 2. The normalized spacial score (nSPS) is 22.7. The fourth-order valence-electron chi connectivity index (χ4n) is 1.34. The number of carbonyl (C=O) groups is 2. The van der Waals surface area contributed by atoms with Gasteiger partial charge in [-0.2, -0.15) is 0 Å². The van der Waals surface area contributed by atoms with Crippen molar-refractivity contribution in [3.05, 3.63) is 0 Å². The molecule has 6 heteroatoms. The monoisotopic (exact) mass is 215 g/mol. The zero-order valence-corrected chi connectivity index (χ0v) is 8.95. The zero-order valence-electron chi connectivity index (χ0n) is 8.95. The molecule has 0 aromatic rings. The summed E-state index contributed by atoms with van der Waals surface area (Å²) in [6.45, 7) is 4.12. The average Bonchev–Trinajstić information content (AvgIpc) is 2.50. The Morgan fingerprint density at radius 3 is 2.87 bits per heavy atom. The summed E-state index contributed by atoms with van der Waals surface area (Å²) in [5.74, 6) is -0.297. The highest BCUT2D eigenvalue weighted by Crippen LogP contribution is 2.03. The van der Waals surface area contributed by atoms with Gasteiger partial charge < -0.3 is 11.1 Å². The van der Waals surface area contributed by atoms with Gasteiger partial charge in [0.2, 0.25) is 5.91 Å². The fraction of sp³-hybridized carbons (Fsp3) is 0.778. The number of hydroxylamine groups is 1. The van der Waals surface area contributed by atoms with Crippen molar-refractivity contribution < 1.29 is 14.4 Å². The lowest BCUT2D eigenvalue weighted by Crippen LogP contribution is -2.49. The zero-order chi connectivity index (χ0) is 11.4. The van der Waals surface area contributed by atoms with Gasteiger partial charge in [-0.1, -0.05) is 13.8 Å². The van der Waals surface area contributed by atoms with Crippen molar-refractivity contribution in [2.75, 3.05) is 6.61 Å². The van der Waals surface area contributed by atoms with Crippen LogP contribution in [0, 0.1) is 5.92 Å². The first kappa shape index (κ1) is 11.9. The molecule has 1 fully saturated rings. The molecular weight excluding hydrogens is 198 g/mol. The maximum absolute atomic E-state index is 11.5. The largest absolute Gasteiger partial charge is 0.341 e. The summed E-state index contributed by atoms with van der Waals surface area (Å²) in [5, 5.41) is 2.53.